The van der Waals surface area contributed by atoms with E-state index in [2.05, 4.69) is 37.4 Å². The maximum Gasteiger partial charge on any atom is 0.0725 e. The summed E-state index contributed by atoms with van der Waals surface area (Å²) in [5.41, 5.74) is 4.47. The summed E-state index contributed by atoms with van der Waals surface area (Å²) in [5.74, 6) is 0. The average molecular weight is 277 g/mol. The Hall–Kier alpha value is -0.900. The van der Waals surface area contributed by atoms with Gasteiger partial charge in [-0.1, -0.05) is 32.0 Å². The van der Waals surface area contributed by atoms with Crippen LogP contribution in [-0.2, 0) is 29.1 Å². The van der Waals surface area contributed by atoms with Gasteiger partial charge in [-0.15, -0.1) is 0 Å². The molecule has 0 fully saturated rings. The number of fused-ring (bicyclic) bond motifs is 1. The van der Waals surface area contributed by atoms with Crippen molar-refractivity contribution in [1.29, 1.82) is 0 Å². The molecule has 0 atom stereocenters. The lowest BCUT2D eigenvalue weighted by molar-refractivity contribution is 0.134. The second-order valence-electron chi connectivity index (χ2n) is 6.43. The standard InChI is InChI=1S/C17H27NO2/c1-17(2,13-18-8-9-19-3)7-6-14-4-5-15-11-20-12-16(15)10-14/h4-5,10,18H,6-9,11-13H2,1-3H3. The first-order valence-electron chi connectivity index (χ1n) is 7.49. The number of methoxy groups -OCH3 is 1. The Kier molecular flexibility index (Phi) is 5.58. The molecule has 0 aliphatic carbocycles. The first-order chi connectivity index (χ1) is 9.61. The second kappa shape index (κ2) is 7.21. The van der Waals surface area contributed by atoms with E-state index in [4.69, 9.17) is 9.47 Å². The van der Waals surface area contributed by atoms with Crippen LogP contribution in [0.5, 0.6) is 0 Å². The molecule has 2 rings (SSSR count). The van der Waals surface area contributed by atoms with E-state index in [1.807, 2.05) is 0 Å². The van der Waals surface area contributed by atoms with E-state index in [0.29, 0.717) is 5.41 Å². The van der Waals surface area contributed by atoms with E-state index < -0.39 is 0 Å². The summed E-state index contributed by atoms with van der Waals surface area (Å²) < 4.78 is 10.5. The van der Waals surface area contributed by atoms with Gasteiger partial charge in [0.15, 0.2) is 0 Å². The molecule has 0 bridgehead atoms. The molecule has 0 aromatic heterocycles. The fraction of sp³-hybridized carbons (Fsp3) is 0.647. The molecule has 0 saturated heterocycles. The smallest absolute Gasteiger partial charge is 0.0725 e. The zero-order chi connectivity index (χ0) is 14.4. The van der Waals surface area contributed by atoms with E-state index in [-0.39, 0.29) is 0 Å². The van der Waals surface area contributed by atoms with Crippen molar-refractivity contribution in [2.45, 2.75) is 39.9 Å². The molecule has 1 aromatic rings. The van der Waals surface area contributed by atoms with Crippen molar-refractivity contribution in [1.82, 2.24) is 5.32 Å². The van der Waals surface area contributed by atoms with E-state index in [9.17, 15) is 0 Å². The van der Waals surface area contributed by atoms with Gasteiger partial charge in [0.1, 0.15) is 0 Å². The van der Waals surface area contributed by atoms with Gasteiger partial charge in [0, 0.05) is 20.2 Å². The highest BCUT2D eigenvalue weighted by atomic mass is 16.5. The lowest BCUT2D eigenvalue weighted by Gasteiger charge is -2.25. The van der Waals surface area contributed by atoms with Crippen LogP contribution in [0, 0.1) is 5.41 Å². The maximum absolute atomic E-state index is 5.47. The molecule has 1 N–H and O–H groups in total. The Morgan fingerprint density at radius 1 is 1.25 bits per heavy atom. The van der Waals surface area contributed by atoms with Crippen molar-refractivity contribution in [3.05, 3.63) is 34.9 Å². The zero-order valence-electron chi connectivity index (χ0n) is 13.0. The molecule has 0 amide bonds. The minimum Gasteiger partial charge on any atom is -0.383 e. The van der Waals surface area contributed by atoms with Crippen LogP contribution in [0.3, 0.4) is 0 Å². The number of nitrogens with one attached hydrogen (secondary N) is 1. The number of benzene rings is 1. The first kappa shape index (κ1) is 15.5. The van der Waals surface area contributed by atoms with Crippen LogP contribution in [-0.4, -0.2) is 26.8 Å². The molecule has 0 spiro atoms. The van der Waals surface area contributed by atoms with E-state index in [1.165, 1.54) is 23.1 Å². The normalized spacial score (nSPS) is 14.6. The number of hydrogen-bond acceptors (Lipinski definition) is 3. The quantitative estimate of drug-likeness (QED) is 0.741. The molecule has 1 aliphatic rings. The van der Waals surface area contributed by atoms with Gasteiger partial charge in [-0.05, 0) is 34.9 Å². The fourth-order valence-electron chi connectivity index (χ4n) is 2.55. The number of rotatable bonds is 8. The Morgan fingerprint density at radius 2 is 2.05 bits per heavy atom. The Morgan fingerprint density at radius 3 is 2.85 bits per heavy atom. The number of aryl methyl sites for hydroxylation is 1. The number of ether oxygens (including phenoxy) is 2. The van der Waals surface area contributed by atoms with Gasteiger partial charge < -0.3 is 14.8 Å². The monoisotopic (exact) mass is 277 g/mol. The molecular weight excluding hydrogens is 250 g/mol. The number of hydrogen-bond donors (Lipinski definition) is 1. The van der Waals surface area contributed by atoms with Gasteiger partial charge in [0.05, 0.1) is 19.8 Å². The summed E-state index contributed by atoms with van der Waals surface area (Å²) in [6.45, 7) is 8.95. The van der Waals surface area contributed by atoms with Crippen molar-refractivity contribution < 1.29 is 9.47 Å². The van der Waals surface area contributed by atoms with Crippen LogP contribution in [0.4, 0.5) is 0 Å². The molecule has 0 unspecified atom stereocenters. The van der Waals surface area contributed by atoms with E-state index in [0.717, 1.165) is 39.3 Å². The molecule has 112 valence electrons. The lowest BCUT2D eigenvalue weighted by atomic mass is 9.86. The zero-order valence-corrected chi connectivity index (χ0v) is 13.0. The molecule has 3 heteroatoms. The van der Waals surface area contributed by atoms with Gasteiger partial charge in [-0.2, -0.15) is 0 Å². The maximum atomic E-state index is 5.47. The van der Waals surface area contributed by atoms with Gasteiger partial charge in [-0.3, -0.25) is 0 Å². The van der Waals surface area contributed by atoms with Gasteiger partial charge in [0.25, 0.3) is 0 Å². The molecule has 3 nitrogen and oxygen atoms in total. The van der Waals surface area contributed by atoms with Crippen LogP contribution in [0.25, 0.3) is 0 Å². The highest BCUT2D eigenvalue weighted by Gasteiger charge is 2.18. The van der Waals surface area contributed by atoms with Crippen LogP contribution < -0.4 is 5.32 Å². The van der Waals surface area contributed by atoms with Crippen molar-refractivity contribution in [2.75, 3.05) is 26.8 Å². The predicted octanol–water partition coefficient (Wildman–Crippen LogP) is 2.91. The van der Waals surface area contributed by atoms with E-state index >= 15 is 0 Å². The van der Waals surface area contributed by atoms with Crippen molar-refractivity contribution in [3.8, 4) is 0 Å². The largest absolute Gasteiger partial charge is 0.383 e. The predicted molar refractivity (Wildman–Crippen MR) is 81.8 cm³/mol. The SMILES string of the molecule is COCCNCC(C)(C)CCc1ccc2c(c1)COC2. The fourth-order valence-corrected chi connectivity index (χ4v) is 2.55. The molecule has 1 aliphatic heterocycles. The minimum atomic E-state index is 0.309. The summed E-state index contributed by atoms with van der Waals surface area (Å²) in [7, 11) is 1.74. The Bertz CT molecular complexity index is 429. The van der Waals surface area contributed by atoms with Gasteiger partial charge >= 0.3 is 0 Å². The summed E-state index contributed by atoms with van der Waals surface area (Å²) in [6, 6.07) is 6.79. The highest BCUT2D eigenvalue weighted by Crippen LogP contribution is 2.25. The van der Waals surface area contributed by atoms with Crippen LogP contribution in [0.15, 0.2) is 18.2 Å². The first-order valence-corrected chi connectivity index (χ1v) is 7.49. The van der Waals surface area contributed by atoms with Crippen molar-refractivity contribution in [2.24, 2.45) is 5.41 Å². The van der Waals surface area contributed by atoms with Crippen LogP contribution >= 0.6 is 0 Å². The third kappa shape index (κ3) is 4.58. The molecular formula is C17H27NO2. The third-order valence-electron chi connectivity index (χ3n) is 3.96. The summed E-state index contributed by atoms with van der Waals surface area (Å²) in [4.78, 5) is 0. The molecule has 1 heterocycles. The van der Waals surface area contributed by atoms with Gasteiger partial charge in [0.2, 0.25) is 0 Å². The summed E-state index contributed by atoms with van der Waals surface area (Å²) in [6.07, 6.45) is 2.32. The van der Waals surface area contributed by atoms with Crippen molar-refractivity contribution in [3.63, 3.8) is 0 Å². The Balaban J connectivity index is 1.78. The third-order valence-corrected chi connectivity index (χ3v) is 3.96. The summed E-state index contributed by atoms with van der Waals surface area (Å²) in [5, 5.41) is 3.46. The topological polar surface area (TPSA) is 30.5 Å². The molecule has 1 aromatic carbocycles. The minimum absolute atomic E-state index is 0.309. The van der Waals surface area contributed by atoms with Crippen LogP contribution in [0.1, 0.15) is 37.0 Å². The van der Waals surface area contributed by atoms with Gasteiger partial charge in [-0.25, -0.2) is 0 Å². The molecule has 20 heavy (non-hydrogen) atoms. The molecule has 0 radical (unpaired) electrons. The second-order valence-corrected chi connectivity index (χ2v) is 6.43. The molecule has 0 saturated carbocycles. The average Bonchev–Trinajstić information content (AvgIpc) is 2.89. The highest BCUT2D eigenvalue weighted by molar-refractivity contribution is 5.33. The van der Waals surface area contributed by atoms with E-state index in [1.54, 1.807) is 7.11 Å². The summed E-state index contributed by atoms with van der Waals surface area (Å²) >= 11 is 0. The van der Waals surface area contributed by atoms with Crippen LogP contribution in [0.2, 0.25) is 0 Å². The Labute approximate surface area is 122 Å². The lowest BCUT2D eigenvalue weighted by Crippen LogP contribution is -2.31. The van der Waals surface area contributed by atoms with Crippen molar-refractivity contribution >= 4 is 0 Å².